The molecule has 0 amide bonds. The molecule has 8 heteroatoms. The summed E-state index contributed by atoms with van der Waals surface area (Å²) in [6.07, 6.45) is 0. The molecule has 164 valence electrons. The van der Waals surface area contributed by atoms with Gasteiger partial charge < -0.3 is 8.83 Å². The van der Waals surface area contributed by atoms with E-state index >= 15 is 0 Å². The van der Waals surface area contributed by atoms with Crippen LogP contribution in [-0.2, 0) is 0 Å². The van der Waals surface area contributed by atoms with Gasteiger partial charge in [-0.15, -0.1) is 0 Å². The Labute approximate surface area is 208 Å². The predicted molar refractivity (Wildman–Crippen MR) is 138 cm³/mol. The second-order valence-corrected chi connectivity index (χ2v) is 9.54. The lowest BCUT2D eigenvalue weighted by molar-refractivity contribution is 0.518. The fraction of sp³-hybridized carbons (Fsp3) is 0. The van der Waals surface area contributed by atoms with Crippen LogP contribution in [-0.4, -0.2) is 9.97 Å². The van der Waals surface area contributed by atoms with Gasteiger partial charge in [0.05, 0.1) is 21.8 Å². The third kappa shape index (κ3) is 3.65. The number of hydrogen-bond acceptors (Lipinski definition) is 6. The average Bonchev–Trinajstić information content (AvgIpc) is 2.84. The largest absolute Gasteiger partial charge is 0.403 e. The van der Waals surface area contributed by atoms with Crippen molar-refractivity contribution in [3.05, 3.63) is 103 Å². The second kappa shape index (κ2) is 8.00. The summed E-state index contributed by atoms with van der Waals surface area (Å²) in [7, 11) is 0. The van der Waals surface area contributed by atoms with Gasteiger partial charge in [0.1, 0.15) is 0 Å². The smallest absolute Gasteiger partial charge is 0.347 e. The first-order chi connectivity index (χ1) is 16.4. The standard InChI is InChI=1S/C26H12Br2N2O4/c27-17-5-7-21-19(11-17)25(31)33-23(29-21)15-3-1-13-9-16(4-2-14(13)10-15)24-30-22-8-6-18(28)12-20(22)26(32)34-24/h1-12H. The molecular weight excluding hydrogens is 564 g/mol. The molecule has 0 bridgehead atoms. The van der Waals surface area contributed by atoms with Crippen LogP contribution in [0.4, 0.5) is 0 Å². The number of nitrogens with zero attached hydrogens (tertiary/aromatic N) is 2. The van der Waals surface area contributed by atoms with E-state index in [1.807, 2.05) is 48.5 Å². The molecule has 4 aromatic carbocycles. The van der Waals surface area contributed by atoms with Crippen molar-refractivity contribution in [2.45, 2.75) is 0 Å². The van der Waals surface area contributed by atoms with E-state index in [9.17, 15) is 9.59 Å². The number of benzene rings is 4. The second-order valence-electron chi connectivity index (χ2n) is 7.71. The Bertz CT molecular complexity index is 1750. The number of rotatable bonds is 2. The van der Waals surface area contributed by atoms with Gasteiger partial charge in [-0.2, -0.15) is 0 Å². The summed E-state index contributed by atoms with van der Waals surface area (Å²) in [5, 5.41) is 2.66. The normalized spacial score (nSPS) is 11.5. The highest BCUT2D eigenvalue weighted by Crippen LogP contribution is 2.28. The van der Waals surface area contributed by atoms with Gasteiger partial charge in [-0.3, -0.25) is 0 Å². The summed E-state index contributed by atoms with van der Waals surface area (Å²) < 4.78 is 12.5. The Morgan fingerprint density at radius 1 is 0.559 bits per heavy atom. The summed E-state index contributed by atoms with van der Waals surface area (Å²) in [4.78, 5) is 33.9. The van der Waals surface area contributed by atoms with Crippen molar-refractivity contribution < 1.29 is 8.83 Å². The van der Waals surface area contributed by atoms with Crippen LogP contribution in [0.15, 0.2) is 100 Å². The first-order valence-corrected chi connectivity index (χ1v) is 11.8. The molecule has 0 aliphatic rings. The van der Waals surface area contributed by atoms with Crippen LogP contribution in [0.2, 0.25) is 0 Å². The Morgan fingerprint density at radius 3 is 1.44 bits per heavy atom. The third-order valence-electron chi connectivity index (χ3n) is 5.51. The third-order valence-corrected chi connectivity index (χ3v) is 6.50. The van der Waals surface area contributed by atoms with Crippen LogP contribution in [0.1, 0.15) is 0 Å². The molecule has 6 nitrogen and oxygen atoms in total. The van der Waals surface area contributed by atoms with Gasteiger partial charge >= 0.3 is 11.3 Å². The van der Waals surface area contributed by atoms with Gasteiger partial charge in [-0.25, -0.2) is 19.6 Å². The van der Waals surface area contributed by atoms with Gasteiger partial charge in [0.25, 0.3) is 0 Å². The summed E-state index contributed by atoms with van der Waals surface area (Å²) in [5.41, 5.74) is 1.61. The molecule has 0 unspecified atom stereocenters. The zero-order valence-electron chi connectivity index (χ0n) is 17.2. The van der Waals surface area contributed by atoms with Crippen LogP contribution >= 0.6 is 31.9 Å². The van der Waals surface area contributed by atoms with Crippen molar-refractivity contribution in [1.82, 2.24) is 9.97 Å². The van der Waals surface area contributed by atoms with Crippen LogP contribution in [0.3, 0.4) is 0 Å². The van der Waals surface area contributed by atoms with Crippen molar-refractivity contribution in [3.63, 3.8) is 0 Å². The van der Waals surface area contributed by atoms with E-state index in [0.29, 0.717) is 32.9 Å². The van der Waals surface area contributed by atoms with Crippen molar-refractivity contribution in [3.8, 4) is 22.9 Å². The van der Waals surface area contributed by atoms with Crippen LogP contribution in [0.5, 0.6) is 0 Å². The number of halogens is 2. The summed E-state index contributed by atoms with van der Waals surface area (Å²) in [6.45, 7) is 0. The van der Waals surface area contributed by atoms with Gasteiger partial charge in [0.2, 0.25) is 11.8 Å². The monoisotopic (exact) mass is 574 g/mol. The van der Waals surface area contributed by atoms with Crippen molar-refractivity contribution >= 4 is 64.4 Å². The lowest BCUT2D eigenvalue weighted by atomic mass is 10.0. The molecule has 0 atom stereocenters. The molecule has 2 heterocycles. The zero-order valence-corrected chi connectivity index (χ0v) is 20.4. The molecule has 0 spiro atoms. The Morgan fingerprint density at radius 2 is 1.00 bits per heavy atom. The molecule has 6 rings (SSSR count). The van der Waals surface area contributed by atoms with Crippen molar-refractivity contribution in [2.24, 2.45) is 0 Å². The van der Waals surface area contributed by atoms with Crippen molar-refractivity contribution in [1.29, 1.82) is 0 Å². The molecule has 2 aromatic heterocycles. The minimum absolute atomic E-state index is 0.249. The molecule has 0 saturated carbocycles. The Kier molecular flexibility index (Phi) is 4.93. The van der Waals surface area contributed by atoms with Gasteiger partial charge in [0, 0.05) is 20.1 Å². The molecule has 0 fully saturated rings. The maximum atomic E-state index is 12.5. The van der Waals surface area contributed by atoms with Gasteiger partial charge in [-0.05, 0) is 71.4 Å². The van der Waals surface area contributed by atoms with E-state index in [0.717, 1.165) is 19.7 Å². The van der Waals surface area contributed by atoms with E-state index in [1.54, 1.807) is 24.3 Å². The van der Waals surface area contributed by atoms with Crippen LogP contribution in [0.25, 0.3) is 55.5 Å². The fourth-order valence-corrected chi connectivity index (χ4v) is 4.57. The molecule has 0 aliphatic carbocycles. The molecule has 6 aromatic rings. The lowest BCUT2D eigenvalue weighted by Gasteiger charge is -2.06. The maximum Gasteiger partial charge on any atom is 0.347 e. The molecule has 0 saturated heterocycles. The molecule has 0 aliphatic heterocycles. The number of aromatic nitrogens is 2. The van der Waals surface area contributed by atoms with Gasteiger partial charge in [0.15, 0.2) is 0 Å². The highest BCUT2D eigenvalue weighted by molar-refractivity contribution is 9.10. The Balaban J connectivity index is 1.43. The first-order valence-electron chi connectivity index (χ1n) is 10.2. The number of fused-ring (bicyclic) bond motifs is 3. The predicted octanol–water partition coefficient (Wildman–Crippen LogP) is 6.70. The minimum Gasteiger partial charge on any atom is -0.403 e. The van der Waals surface area contributed by atoms with Crippen LogP contribution in [0, 0.1) is 0 Å². The molecule has 0 radical (unpaired) electrons. The molecule has 0 N–H and O–H groups in total. The fourth-order valence-electron chi connectivity index (χ4n) is 3.85. The van der Waals surface area contributed by atoms with Crippen molar-refractivity contribution in [2.75, 3.05) is 0 Å². The van der Waals surface area contributed by atoms with Crippen LogP contribution < -0.4 is 11.3 Å². The summed E-state index contributed by atoms with van der Waals surface area (Å²) in [6, 6.07) is 21.9. The van der Waals surface area contributed by atoms with E-state index in [2.05, 4.69) is 41.8 Å². The average molecular weight is 576 g/mol. The topological polar surface area (TPSA) is 86.2 Å². The van der Waals surface area contributed by atoms with E-state index in [-0.39, 0.29) is 11.8 Å². The highest BCUT2D eigenvalue weighted by atomic mass is 79.9. The summed E-state index contributed by atoms with van der Waals surface area (Å²) in [5.74, 6) is 0.498. The van der Waals surface area contributed by atoms with E-state index in [1.165, 1.54) is 0 Å². The summed E-state index contributed by atoms with van der Waals surface area (Å²) >= 11 is 6.72. The van der Waals surface area contributed by atoms with E-state index in [4.69, 9.17) is 8.83 Å². The van der Waals surface area contributed by atoms with E-state index < -0.39 is 11.3 Å². The minimum atomic E-state index is -0.443. The Hall–Kier alpha value is -3.62. The first kappa shape index (κ1) is 20.9. The highest BCUT2D eigenvalue weighted by Gasteiger charge is 2.12. The number of hydrogen-bond donors (Lipinski definition) is 0. The lowest BCUT2D eigenvalue weighted by Crippen LogP contribution is -2.03. The maximum absolute atomic E-state index is 12.5. The molecule has 34 heavy (non-hydrogen) atoms. The zero-order chi connectivity index (χ0) is 23.4. The van der Waals surface area contributed by atoms with Gasteiger partial charge in [-0.1, -0.05) is 44.0 Å². The SMILES string of the molecule is O=c1oc(-c2ccc3cc(-c4nc5ccc(Br)cc5c(=O)o4)ccc3c2)nc2ccc(Br)cc12. The molecular formula is C26H12Br2N2O4. The quantitative estimate of drug-likeness (QED) is 0.228.